The van der Waals surface area contributed by atoms with E-state index in [1.807, 2.05) is 5.38 Å². The fourth-order valence-corrected chi connectivity index (χ4v) is 3.41. The van der Waals surface area contributed by atoms with Crippen LogP contribution in [0.2, 0.25) is 0 Å². The number of rotatable bonds is 5. The molecule has 5 heteroatoms. The number of hydrogen-bond donors (Lipinski definition) is 1. The number of aromatic nitrogens is 1. The molecule has 1 aromatic heterocycles. The first-order valence-electron chi connectivity index (χ1n) is 5.88. The minimum atomic E-state index is -0.776. The van der Waals surface area contributed by atoms with Gasteiger partial charge in [0.1, 0.15) is 10.6 Å². The molecule has 0 aliphatic heterocycles. The summed E-state index contributed by atoms with van der Waals surface area (Å²) >= 11 is 1.59. The molecule has 2 rings (SSSR count). The number of carbonyl (C=O) groups is 1. The average Bonchev–Trinajstić information content (AvgIpc) is 2.96. The number of aliphatic carboxylic acids is 1. The van der Waals surface area contributed by atoms with E-state index in [0.717, 1.165) is 23.5 Å². The van der Waals surface area contributed by atoms with Gasteiger partial charge in [0.05, 0.1) is 12.1 Å². The van der Waals surface area contributed by atoms with Crippen LogP contribution in [0.25, 0.3) is 0 Å². The van der Waals surface area contributed by atoms with Gasteiger partial charge in [0, 0.05) is 18.9 Å². The topological polar surface area (TPSA) is 59.4 Å². The predicted octanol–water partition coefficient (Wildman–Crippen LogP) is 2.58. The SMILES string of the molecule is COC1(c2nc(CCC(=O)O)cs2)CCCC1. The largest absolute Gasteiger partial charge is 0.481 e. The molecule has 17 heavy (non-hydrogen) atoms. The molecule has 0 unspecified atom stereocenters. The van der Waals surface area contributed by atoms with E-state index >= 15 is 0 Å². The van der Waals surface area contributed by atoms with Gasteiger partial charge in [-0.15, -0.1) is 11.3 Å². The Balaban J connectivity index is 2.08. The van der Waals surface area contributed by atoms with E-state index < -0.39 is 5.97 Å². The van der Waals surface area contributed by atoms with Crippen LogP contribution in [-0.2, 0) is 21.6 Å². The highest BCUT2D eigenvalue weighted by atomic mass is 32.1. The van der Waals surface area contributed by atoms with Gasteiger partial charge >= 0.3 is 5.97 Å². The maximum Gasteiger partial charge on any atom is 0.303 e. The second kappa shape index (κ2) is 5.14. The third kappa shape index (κ3) is 2.66. The van der Waals surface area contributed by atoms with Crippen molar-refractivity contribution in [2.75, 3.05) is 7.11 Å². The Hall–Kier alpha value is -0.940. The zero-order valence-corrected chi connectivity index (χ0v) is 10.8. The summed E-state index contributed by atoms with van der Waals surface area (Å²) in [7, 11) is 1.74. The van der Waals surface area contributed by atoms with Crippen LogP contribution in [0.3, 0.4) is 0 Å². The second-order valence-electron chi connectivity index (χ2n) is 4.44. The van der Waals surface area contributed by atoms with Crippen LogP contribution >= 0.6 is 11.3 Å². The molecule has 1 aromatic rings. The molecule has 1 saturated carbocycles. The molecule has 0 radical (unpaired) electrons. The maximum atomic E-state index is 10.5. The smallest absolute Gasteiger partial charge is 0.303 e. The summed E-state index contributed by atoms with van der Waals surface area (Å²) in [4.78, 5) is 15.0. The zero-order chi connectivity index (χ0) is 12.3. The zero-order valence-electron chi connectivity index (χ0n) is 9.94. The van der Waals surface area contributed by atoms with Gasteiger partial charge in [-0.05, 0) is 12.8 Å². The van der Waals surface area contributed by atoms with Crippen molar-refractivity contribution in [3.8, 4) is 0 Å². The van der Waals surface area contributed by atoms with Crippen molar-refractivity contribution in [3.05, 3.63) is 16.1 Å². The lowest BCUT2D eigenvalue weighted by molar-refractivity contribution is -0.136. The Morgan fingerprint density at radius 1 is 1.59 bits per heavy atom. The Bertz CT molecular complexity index is 396. The summed E-state index contributed by atoms with van der Waals surface area (Å²) in [6, 6.07) is 0. The number of carboxylic acids is 1. The minimum Gasteiger partial charge on any atom is -0.481 e. The van der Waals surface area contributed by atoms with Gasteiger partial charge in [0.25, 0.3) is 0 Å². The minimum absolute atomic E-state index is 0.142. The third-order valence-corrected chi connectivity index (χ3v) is 4.41. The number of thiazole rings is 1. The molecule has 0 aromatic carbocycles. The van der Waals surface area contributed by atoms with Crippen LogP contribution in [0.15, 0.2) is 5.38 Å². The summed E-state index contributed by atoms with van der Waals surface area (Å²) in [5, 5.41) is 11.6. The molecule has 0 spiro atoms. The predicted molar refractivity (Wildman–Crippen MR) is 65.2 cm³/mol. The summed E-state index contributed by atoms with van der Waals surface area (Å²) in [5.74, 6) is -0.776. The average molecular weight is 255 g/mol. The molecule has 1 aliphatic carbocycles. The van der Waals surface area contributed by atoms with Crippen LogP contribution in [0, 0.1) is 0 Å². The van der Waals surface area contributed by atoms with E-state index in [4.69, 9.17) is 9.84 Å². The van der Waals surface area contributed by atoms with Crippen molar-refractivity contribution in [1.29, 1.82) is 0 Å². The van der Waals surface area contributed by atoms with E-state index in [-0.39, 0.29) is 12.0 Å². The van der Waals surface area contributed by atoms with Crippen molar-refractivity contribution in [2.45, 2.75) is 44.1 Å². The molecule has 0 saturated heterocycles. The molecule has 94 valence electrons. The van der Waals surface area contributed by atoms with E-state index in [1.54, 1.807) is 18.4 Å². The summed E-state index contributed by atoms with van der Waals surface area (Å²) < 4.78 is 5.66. The molecule has 0 bridgehead atoms. The fraction of sp³-hybridized carbons (Fsp3) is 0.667. The summed E-state index contributed by atoms with van der Waals surface area (Å²) in [6.45, 7) is 0. The van der Waals surface area contributed by atoms with Crippen molar-refractivity contribution in [2.24, 2.45) is 0 Å². The quantitative estimate of drug-likeness (QED) is 0.878. The third-order valence-electron chi connectivity index (χ3n) is 3.34. The lowest BCUT2D eigenvalue weighted by Gasteiger charge is -2.24. The van der Waals surface area contributed by atoms with Gasteiger partial charge < -0.3 is 9.84 Å². The highest BCUT2D eigenvalue weighted by Crippen LogP contribution is 2.42. The van der Waals surface area contributed by atoms with Crippen molar-refractivity contribution in [3.63, 3.8) is 0 Å². The fourth-order valence-electron chi connectivity index (χ4n) is 2.32. The van der Waals surface area contributed by atoms with E-state index in [9.17, 15) is 4.79 Å². The van der Waals surface area contributed by atoms with Gasteiger partial charge in [0.2, 0.25) is 0 Å². The molecular weight excluding hydrogens is 238 g/mol. The number of aryl methyl sites for hydroxylation is 1. The highest BCUT2D eigenvalue weighted by molar-refractivity contribution is 7.09. The Labute approximate surface area is 105 Å². The van der Waals surface area contributed by atoms with E-state index in [1.165, 1.54) is 12.8 Å². The first-order chi connectivity index (χ1) is 8.16. The number of hydrogen-bond acceptors (Lipinski definition) is 4. The van der Waals surface area contributed by atoms with E-state index in [2.05, 4.69) is 4.98 Å². The lowest BCUT2D eigenvalue weighted by atomic mass is 10.0. The first-order valence-corrected chi connectivity index (χ1v) is 6.76. The highest BCUT2D eigenvalue weighted by Gasteiger charge is 2.38. The molecule has 1 N–H and O–H groups in total. The van der Waals surface area contributed by atoms with Gasteiger partial charge in [0.15, 0.2) is 0 Å². The molecule has 0 amide bonds. The Morgan fingerprint density at radius 2 is 2.29 bits per heavy atom. The number of carboxylic acid groups (broad SMARTS) is 1. The van der Waals surface area contributed by atoms with Gasteiger partial charge in [-0.3, -0.25) is 4.79 Å². The van der Waals surface area contributed by atoms with Crippen LogP contribution in [0.4, 0.5) is 0 Å². The van der Waals surface area contributed by atoms with Gasteiger partial charge in [-0.25, -0.2) is 4.98 Å². The normalized spacial score (nSPS) is 18.4. The van der Waals surface area contributed by atoms with Crippen LogP contribution in [0.5, 0.6) is 0 Å². The standard InChI is InChI=1S/C12H17NO3S/c1-16-12(6-2-3-7-12)11-13-9(8-17-11)4-5-10(14)15/h8H,2-7H2,1H3,(H,14,15). The van der Waals surface area contributed by atoms with Crippen LogP contribution in [0.1, 0.15) is 42.8 Å². The van der Waals surface area contributed by atoms with E-state index in [0.29, 0.717) is 6.42 Å². The van der Waals surface area contributed by atoms with Gasteiger partial charge in [-0.1, -0.05) is 12.8 Å². The van der Waals surface area contributed by atoms with Crippen LogP contribution < -0.4 is 0 Å². The Morgan fingerprint density at radius 3 is 2.88 bits per heavy atom. The summed E-state index contributed by atoms with van der Waals surface area (Å²) in [6.07, 6.45) is 5.05. The summed E-state index contributed by atoms with van der Waals surface area (Å²) in [5.41, 5.74) is 0.669. The first kappa shape index (κ1) is 12.5. The molecule has 1 fully saturated rings. The molecule has 4 nitrogen and oxygen atoms in total. The molecule has 1 aliphatic rings. The molecular formula is C12H17NO3S. The van der Waals surface area contributed by atoms with Gasteiger partial charge in [-0.2, -0.15) is 0 Å². The lowest BCUT2D eigenvalue weighted by Crippen LogP contribution is -2.24. The van der Waals surface area contributed by atoms with Crippen molar-refractivity contribution >= 4 is 17.3 Å². The number of ether oxygens (including phenoxy) is 1. The second-order valence-corrected chi connectivity index (χ2v) is 5.30. The number of methoxy groups -OCH3 is 1. The van der Waals surface area contributed by atoms with Crippen molar-refractivity contribution in [1.82, 2.24) is 4.98 Å². The monoisotopic (exact) mass is 255 g/mol. The maximum absolute atomic E-state index is 10.5. The van der Waals surface area contributed by atoms with Crippen molar-refractivity contribution < 1.29 is 14.6 Å². The number of nitrogens with zero attached hydrogens (tertiary/aromatic N) is 1. The molecule has 0 atom stereocenters. The van der Waals surface area contributed by atoms with Crippen LogP contribution in [-0.4, -0.2) is 23.2 Å². The Kier molecular flexibility index (Phi) is 3.79. The molecule has 1 heterocycles.